The topological polar surface area (TPSA) is 21.3 Å². The van der Waals surface area contributed by atoms with E-state index in [0.29, 0.717) is 0 Å². The first-order valence-corrected chi connectivity index (χ1v) is 5.22. The Balaban J connectivity index is 3.40. The zero-order valence-corrected chi connectivity index (χ0v) is 9.81. The molecule has 2 nitrogen and oxygen atoms in total. The molecule has 0 rings (SSSR count). The van der Waals surface area contributed by atoms with Crippen molar-refractivity contribution < 1.29 is 4.74 Å². The van der Waals surface area contributed by atoms with Gasteiger partial charge in [-0.3, -0.25) is 0 Å². The lowest BCUT2D eigenvalue weighted by atomic mass is 10.1. The number of rotatable bonds is 7. The predicted octanol–water partition coefficient (Wildman–Crippen LogP) is 2.44. The van der Waals surface area contributed by atoms with E-state index in [1.807, 2.05) is 0 Å². The van der Waals surface area contributed by atoms with Crippen molar-refractivity contribution in [2.45, 2.75) is 46.1 Å². The van der Waals surface area contributed by atoms with E-state index in [2.05, 4.69) is 33.0 Å². The van der Waals surface area contributed by atoms with Gasteiger partial charge < -0.3 is 10.1 Å². The Morgan fingerprint density at radius 1 is 1.31 bits per heavy atom. The molecule has 0 unspecified atom stereocenters. The summed E-state index contributed by atoms with van der Waals surface area (Å²) in [5.74, 6) is 0.812. The second-order valence-electron chi connectivity index (χ2n) is 4.78. The first-order chi connectivity index (χ1) is 5.98. The molecule has 0 aliphatic rings. The van der Waals surface area contributed by atoms with Crippen LogP contribution in [0.1, 0.15) is 40.5 Å². The minimum Gasteiger partial charge on any atom is -0.383 e. The van der Waals surface area contributed by atoms with Gasteiger partial charge in [-0.15, -0.1) is 0 Å². The van der Waals surface area contributed by atoms with Crippen LogP contribution in [0.25, 0.3) is 0 Å². The molecule has 0 saturated heterocycles. The summed E-state index contributed by atoms with van der Waals surface area (Å²) in [4.78, 5) is 0. The normalized spacial score (nSPS) is 12.5. The van der Waals surface area contributed by atoms with Crippen LogP contribution in [-0.2, 0) is 4.74 Å². The van der Waals surface area contributed by atoms with Crippen molar-refractivity contribution in [2.24, 2.45) is 5.92 Å². The summed E-state index contributed by atoms with van der Waals surface area (Å²) in [6.07, 6.45) is 2.56. The minimum absolute atomic E-state index is 0.117. The molecule has 0 spiro atoms. The molecule has 13 heavy (non-hydrogen) atoms. The highest BCUT2D eigenvalue weighted by molar-refractivity contribution is 4.76. The first kappa shape index (κ1) is 12.9. The molecule has 2 heteroatoms. The molecule has 0 saturated carbocycles. The summed E-state index contributed by atoms with van der Waals surface area (Å²) in [5, 5.41) is 3.49. The molecule has 0 fully saturated rings. The lowest BCUT2D eigenvalue weighted by molar-refractivity contribution is 0.128. The van der Waals surface area contributed by atoms with Gasteiger partial charge in [0.15, 0.2) is 0 Å². The number of hydrogen-bond acceptors (Lipinski definition) is 2. The van der Waals surface area contributed by atoms with E-state index in [4.69, 9.17) is 4.74 Å². The predicted molar refractivity (Wildman–Crippen MR) is 58.0 cm³/mol. The molecule has 0 aromatic carbocycles. The largest absolute Gasteiger partial charge is 0.383 e. The monoisotopic (exact) mass is 187 g/mol. The molecule has 0 aromatic rings. The molecule has 0 bridgehead atoms. The highest BCUT2D eigenvalue weighted by atomic mass is 16.5. The van der Waals surface area contributed by atoms with Gasteiger partial charge in [-0.05, 0) is 39.2 Å². The van der Waals surface area contributed by atoms with Gasteiger partial charge in [-0.1, -0.05) is 13.8 Å². The van der Waals surface area contributed by atoms with Crippen LogP contribution in [0.5, 0.6) is 0 Å². The molecule has 0 aliphatic heterocycles. The molecule has 0 atom stereocenters. The smallest absolute Gasteiger partial charge is 0.0639 e. The first-order valence-electron chi connectivity index (χ1n) is 5.22. The molecule has 0 amide bonds. The molecule has 0 aliphatic carbocycles. The molecule has 0 aromatic heterocycles. The van der Waals surface area contributed by atoms with Crippen LogP contribution in [0.2, 0.25) is 0 Å². The second kappa shape index (κ2) is 6.39. The van der Waals surface area contributed by atoms with Crippen LogP contribution in [0.3, 0.4) is 0 Å². The fourth-order valence-electron chi connectivity index (χ4n) is 1.35. The quantitative estimate of drug-likeness (QED) is 0.618. The highest BCUT2D eigenvalue weighted by Crippen LogP contribution is 2.05. The van der Waals surface area contributed by atoms with Crippen molar-refractivity contribution in [3.63, 3.8) is 0 Å². The Kier molecular flexibility index (Phi) is 6.35. The van der Waals surface area contributed by atoms with E-state index in [1.165, 1.54) is 12.8 Å². The maximum atomic E-state index is 5.12. The van der Waals surface area contributed by atoms with E-state index >= 15 is 0 Å². The van der Waals surface area contributed by atoms with Crippen molar-refractivity contribution >= 4 is 0 Å². The Morgan fingerprint density at radius 3 is 2.38 bits per heavy atom. The zero-order valence-electron chi connectivity index (χ0n) is 9.81. The van der Waals surface area contributed by atoms with E-state index < -0.39 is 0 Å². The second-order valence-corrected chi connectivity index (χ2v) is 4.78. The molecular formula is C11H25NO. The van der Waals surface area contributed by atoms with Crippen LogP contribution in [0, 0.1) is 5.92 Å². The summed E-state index contributed by atoms with van der Waals surface area (Å²) < 4.78 is 5.12. The average Bonchev–Trinajstić information content (AvgIpc) is 1.98. The average molecular weight is 187 g/mol. The Morgan fingerprint density at radius 2 is 1.92 bits per heavy atom. The zero-order chi connectivity index (χ0) is 10.3. The summed E-state index contributed by atoms with van der Waals surface area (Å²) in [6, 6.07) is 0. The summed E-state index contributed by atoms with van der Waals surface area (Å²) in [5.41, 5.74) is 0.117. The minimum atomic E-state index is 0.117. The third-order valence-corrected chi connectivity index (χ3v) is 2.07. The van der Waals surface area contributed by atoms with Crippen molar-refractivity contribution in [1.29, 1.82) is 0 Å². The lowest BCUT2D eigenvalue weighted by Gasteiger charge is -2.25. The SMILES string of the molecule is COCC(C)(C)NCCCC(C)C. The Bertz CT molecular complexity index is 121. The maximum Gasteiger partial charge on any atom is 0.0639 e. The molecule has 80 valence electrons. The highest BCUT2D eigenvalue weighted by Gasteiger charge is 2.15. The fraction of sp³-hybridized carbons (Fsp3) is 1.00. The van der Waals surface area contributed by atoms with Gasteiger partial charge in [0, 0.05) is 12.6 Å². The van der Waals surface area contributed by atoms with Crippen molar-refractivity contribution in [3.8, 4) is 0 Å². The lowest BCUT2D eigenvalue weighted by Crippen LogP contribution is -2.43. The van der Waals surface area contributed by atoms with Gasteiger partial charge in [0.2, 0.25) is 0 Å². The molecule has 0 radical (unpaired) electrons. The Labute approximate surface area is 83.1 Å². The van der Waals surface area contributed by atoms with Gasteiger partial charge >= 0.3 is 0 Å². The standard InChI is InChI=1S/C11H25NO/c1-10(2)7-6-8-12-11(3,4)9-13-5/h10,12H,6-9H2,1-5H3. The van der Waals surface area contributed by atoms with Crippen LogP contribution < -0.4 is 5.32 Å². The summed E-state index contributed by atoms with van der Waals surface area (Å²) in [6.45, 7) is 10.7. The van der Waals surface area contributed by atoms with Gasteiger partial charge in [0.05, 0.1) is 6.61 Å². The number of ether oxygens (including phenoxy) is 1. The van der Waals surface area contributed by atoms with E-state index in [9.17, 15) is 0 Å². The van der Waals surface area contributed by atoms with Crippen molar-refractivity contribution in [1.82, 2.24) is 5.32 Å². The number of methoxy groups -OCH3 is 1. The summed E-state index contributed by atoms with van der Waals surface area (Å²) in [7, 11) is 1.75. The maximum absolute atomic E-state index is 5.12. The summed E-state index contributed by atoms with van der Waals surface area (Å²) >= 11 is 0. The third-order valence-electron chi connectivity index (χ3n) is 2.07. The molecular weight excluding hydrogens is 162 g/mol. The molecule has 0 heterocycles. The van der Waals surface area contributed by atoms with Gasteiger partial charge in [0.25, 0.3) is 0 Å². The number of nitrogens with one attached hydrogen (secondary N) is 1. The van der Waals surface area contributed by atoms with E-state index in [1.54, 1.807) is 7.11 Å². The third kappa shape index (κ3) is 8.26. The molecule has 1 N–H and O–H groups in total. The van der Waals surface area contributed by atoms with Crippen molar-refractivity contribution in [2.75, 3.05) is 20.3 Å². The number of hydrogen-bond donors (Lipinski definition) is 1. The van der Waals surface area contributed by atoms with Crippen LogP contribution in [0.4, 0.5) is 0 Å². The van der Waals surface area contributed by atoms with Crippen molar-refractivity contribution in [3.05, 3.63) is 0 Å². The van der Waals surface area contributed by atoms with Crippen LogP contribution >= 0.6 is 0 Å². The Hall–Kier alpha value is -0.0800. The van der Waals surface area contributed by atoms with Gasteiger partial charge in [-0.25, -0.2) is 0 Å². The fourth-order valence-corrected chi connectivity index (χ4v) is 1.35. The van der Waals surface area contributed by atoms with E-state index in [0.717, 1.165) is 19.1 Å². The van der Waals surface area contributed by atoms with E-state index in [-0.39, 0.29) is 5.54 Å². The van der Waals surface area contributed by atoms with Crippen LogP contribution in [0.15, 0.2) is 0 Å². The van der Waals surface area contributed by atoms with Crippen LogP contribution in [-0.4, -0.2) is 25.8 Å². The van der Waals surface area contributed by atoms with Gasteiger partial charge in [0.1, 0.15) is 0 Å². The van der Waals surface area contributed by atoms with Gasteiger partial charge in [-0.2, -0.15) is 0 Å².